The molecule has 2 nitrogen and oxygen atoms in total. The second kappa shape index (κ2) is 5.50. The number of nitrogens with one attached hydrogen (secondary N) is 1. The van der Waals surface area contributed by atoms with Gasteiger partial charge in [0.15, 0.2) is 0 Å². The first-order valence-electron chi connectivity index (χ1n) is 8.29. The van der Waals surface area contributed by atoms with Crippen molar-refractivity contribution < 1.29 is 0 Å². The summed E-state index contributed by atoms with van der Waals surface area (Å²) in [5.74, 6) is 0.952. The first-order chi connectivity index (χ1) is 8.87. The van der Waals surface area contributed by atoms with Gasteiger partial charge in [0.25, 0.3) is 0 Å². The smallest absolute Gasteiger partial charge is 0.0365 e. The van der Waals surface area contributed by atoms with Crippen molar-refractivity contribution in [3.8, 4) is 0 Å². The predicted octanol–water partition coefficient (Wildman–Crippen LogP) is 3.17. The van der Waals surface area contributed by atoms with Crippen LogP contribution in [0.4, 0.5) is 0 Å². The van der Waals surface area contributed by atoms with Crippen LogP contribution in [0.3, 0.4) is 0 Å². The molecule has 3 fully saturated rings. The largest absolute Gasteiger partial charge is 0.315 e. The van der Waals surface area contributed by atoms with Crippen molar-refractivity contribution in [1.29, 1.82) is 0 Å². The fourth-order valence-corrected chi connectivity index (χ4v) is 5.21. The maximum atomic E-state index is 3.76. The molecule has 1 saturated heterocycles. The van der Waals surface area contributed by atoms with Gasteiger partial charge in [-0.1, -0.05) is 25.7 Å². The molecular formula is C16H30N2. The van der Waals surface area contributed by atoms with Crippen LogP contribution in [0.25, 0.3) is 0 Å². The summed E-state index contributed by atoms with van der Waals surface area (Å²) in [5, 5.41) is 3.76. The van der Waals surface area contributed by atoms with Crippen molar-refractivity contribution in [2.75, 3.05) is 20.1 Å². The maximum absolute atomic E-state index is 3.76. The number of nitrogens with zero attached hydrogens (tertiary/aromatic N) is 1. The second-order valence-electron chi connectivity index (χ2n) is 6.82. The molecule has 0 amide bonds. The highest BCUT2D eigenvalue weighted by atomic mass is 15.2. The van der Waals surface area contributed by atoms with Gasteiger partial charge >= 0.3 is 0 Å². The Morgan fingerprint density at radius 2 is 1.56 bits per heavy atom. The summed E-state index contributed by atoms with van der Waals surface area (Å²) in [6.07, 6.45) is 14.6. The summed E-state index contributed by atoms with van der Waals surface area (Å²) in [4.78, 5) is 2.87. The van der Waals surface area contributed by atoms with E-state index in [1.807, 2.05) is 0 Å². The number of rotatable bonds is 4. The minimum atomic E-state index is 0.528. The molecule has 1 atom stereocenters. The lowest BCUT2D eigenvalue weighted by Crippen LogP contribution is -2.60. The molecule has 2 heteroatoms. The first-order valence-corrected chi connectivity index (χ1v) is 8.29. The van der Waals surface area contributed by atoms with Crippen molar-refractivity contribution in [1.82, 2.24) is 10.2 Å². The Morgan fingerprint density at radius 3 is 2.11 bits per heavy atom. The van der Waals surface area contributed by atoms with Crippen molar-refractivity contribution in [2.24, 2.45) is 5.92 Å². The Balaban J connectivity index is 1.81. The fraction of sp³-hybridized carbons (Fsp3) is 1.00. The van der Waals surface area contributed by atoms with E-state index in [4.69, 9.17) is 0 Å². The van der Waals surface area contributed by atoms with E-state index < -0.39 is 0 Å². The molecular weight excluding hydrogens is 220 g/mol. The standard InChI is InChI=1S/C16H30N2/c1-17-15(14-8-2-3-9-14)16(10-4-5-11-16)18-12-6-7-13-18/h14-15,17H,2-13H2,1H3. The molecule has 3 aliphatic rings. The monoisotopic (exact) mass is 250 g/mol. The lowest BCUT2D eigenvalue weighted by molar-refractivity contribution is 0.0548. The Kier molecular flexibility index (Phi) is 3.95. The fourth-order valence-electron chi connectivity index (χ4n) is 5.21. The van der Waals surface area contributed by atoms with Crippen molar-refractivity contribution in [3.05, 3.63) is 0 Å². The Bertz CT molecular complexity index is 258. The van der Waals surface area contributed by atoms with Crippen LogP contribution in [0.2, 0.25) is 0 Å². The number of hydrogen-bond donors (Lipinski definition) is 1. The molecule has 0 aromatic rings. The molecule has 18 heavy (non-hydrogen) atoms. The predicted molar refractivity (Wildman–Crippen MR) is 76.8 cm³/mol. The van der Waals surface area contributed by atoms with Gasteiger partial charge in [-0.15, -0.1) is 0 Å². The zero-order valence-electron chi connectivity index (χ0n) is 12.1. The first kappa shape index (κ1) is 12.9. The van der Waals surface area contributed by atoms with Gasteiger partial charge in [0.2, 0.25) is 0 Å². The molecule has 0 radical (unpaired) electrons. The molecule has 0 aromatic heterocycles. The Morgan fingerprint density at radius 1 is 0.944 bits per heavy atom. The van der Waals surface area contributed by atoms with Gasteiger partial charge in [-0.25, -0.2) is 0 Å². The maximum Gasteiger partial charge on any atom is 0.0365 e. The van der Waals surface area contributed by atoms with Gasteiger partial charge in [-0.05, 0) is 64.6 Å². The summed E-state index contributed by atoms with van der Waals surface area (Å²) < 4.78 is 0. The van der Waals surface area contributed by atoms with Crippen LogP contribution >= 0.6 is 0 Å². The third-order valence-electron chi connectivity index (χ3n) is 5.97. The van der Waals surface area contributed by atoms with Crippen LogP contribution < -0.4 is 5.32 Å². The van der Waals surface area contributed by atoms with Gasteiger partial charge in [0.05, 0.1) is 0 Å². The lowest BCUT2D eigenvalue weighted by Gasteiger charge is -2.47. The minimum absolute atomic E-state index is 0.528. The summed E-state index contributed by atoms with van der Waals surface area (Å²) in [5.41, 5.74) is 0.528. The van der Waals surface area contributed by atoms with Gasteiger partial charge in [0.1, 0.15) is 0 Å². The van der Waals surface area contributed by atoms with E-state index >= 15 is 0 Å². The van der Waals surface area contributed by atoms with E-state index in [2.05, 4.69) is 17.3 Å². The zero-order valence-corrected chi connectivity index (χ0v) is 12.1. The van der Waals surface area contributed by atoms with E-state index in [-0.39, 0.29) is 0 Å². The molecule has 0 spiro atoms. The van der Waals surface area contributed by atoms with Crippen molar-refractivity contribution >= 4 is 0 Å². The van der Waals surface area contributed by atoms with E-state index in [9.17, 15) is 0 Å². The molecule has 0 bridgehead atoms. The van der Waals surface area contributed by atoms with Crippen molar-refractivity contribution in [2.45, 2.75) is 75.8 Å². The highest BCUT2D eigenvalue weighted by Crippen LogP contribution is 2.45. The molecule has 0 aromatic carbocycles. The molecule has 2 aliphatic carbocycles. The molecule has 1 heterocycles. The summed E-state index contributed by atoms with van der Waals surface area (Å²) in [7, 11) is 2.22. The quantitative estimate of drug-likeness (QED) is 0.824. The van der Waals surface area contributed by atoms with E-state index in [0.29, 0.717) is 5.54 Å². The van der Waals surface area contributed by atoms with Gasteiger partial charge < -0.3 is 5.32 Å². The third-order valence-corrected chi connectivity index (χ3v) is 5.97. The van der Waals surface area contributed by atoms with Crippen molar-refractivity contribution in [3.63, 3.8) is 0 Å². The molecule has 1 unspecified atom stereocenters. The van der Waals surface area contributed by atoms with Crippen LogP contribution in [0, 0.1) is 5.92 Å². The Labute approximate surface area is 113 Å². The van der Waals surface area contributed by atoms with E-state index in [1.165, 1.54) is 77.3 Å². The average molecular weight is 250 g/mol. The van der Waals surface area contributed by atoms with Crippen LogP contribution in [0.15, 0.2) is 0 Å². The number of likely N-dealkylation sites (tertiary alicyclic amines) is 1. The zero-order chi connectivity index (χ0) is 12.4. The van der Waals surface area contributed by atoms with Gasteiger partial charge in [0, 0.05) is 11.6 Å². The van der Waals surface area contributed by atoms with Crippen LogP contribution in [-0.4, -0.2) is 36.6 Å². The summed E-state index contributed by atoms with van der Waals surface area (Å²) >= 11 is 0. The molecule has 3 rings (SSSR count). The summed E-state index contributed by atoms with van der Waals surface area (Å²) in [6.45, 7) is 2.73. The molecule has 2 saturated carbocycles. The topological polar surface area (TPSA) is 15.3 Å². The van der Waals surface area contributed by atoms with E-state index in [1.54, 1.807) is 0 Å². The van der Waals surface area contributed by atoms with Gasteiger partial charge in [-0.3, -0.25) is 4.90 Å². The lowest BCUT2D eigenvalue weighted by atomic mass is 9.78. The second-order valence-corrected chi connectivity index (χ2v) is 6.82. The highest BCUT2D eigenvalue weighted by Gasteiger charge is 2.48. The van der Waals surface area contributed by atoms with Crippen LogP contribution in [0.1, 0.15) is 64.2 Å². The molecule has 1 aliphatic heterocycles. The van der Waals surface area contributed by atoms with Crippen LogP contribution in [0.5, 0.6) is 0 Å². The minimum Gasteiger partial charge on any atom is -0.315 e. The number of hydrogen-bond acceptors (Lipinski definition) is 2. The van der Waals surface area contributed by atoms with Gasteiger partial charge in [-0.2, -0.15) is 0 Å². The highest BCUT2D eigenvalue weighted by molar-refractivity contribution is 5.07. The van der Waals surface area contributed by atoms with E-state index in [0.717, 1.165) is 12.0 Å². The summed E-state index contributed by atoms with van der Waals surface area (Å²) in [6, 6.07) is 0.764. The molecule has 104 valence electrons. The third kappa shape index (κ3) is 2.12. The Hall–Kier alpha value is -0.0800. The SMILES string of the molecule is CNC(C1CCCC1)C1(N2CCCC2)CCCC1. The normalized spacial score (nSPS) is 31.2. The molecule has 1 N–H and O–H groups in total. The average Bonchev–Trinajstić information content (AvgIpc) is 3.14. The van der Waals surface area contributed by atoms with Crippen LogP contribution in [-0.2, 0) is 0 Å². The number of likely N-dealkylation sites (N-methyl/N-ethyl adjacent to an activating group) is 1.